The molecule has 0 rings (SSSR count). The molecule has 0 N–H and O–H groups in total. The molecule has 0 aromatic rings. The molecule has 9 heteroatoms. The van der Waals surface area contributed by atoms with Gasteiger partial charge in [-0.15, -0.1) is 0 Å². The maximum atomic E-state index is 13.0. The van der Waals surface area contributed by atoms with E-state index < -0.39 is 24.3 Å². The number of ether oxygens (including phenoxy) is 4. The van der Waals surface area contributed by atoms with Gasteiger partial charge < -0.3 is 33.3 Å². The predicted octanol–water partition coefficient (Wildman–Crippen LogP) is 26.0. The van der Waals surface area contributed by atoms with Crippen molar-refractivity contribution >= 4 is 17.9 Å². The molecule has 0 aromatic carbocycles. The van der Waals surface area contributed by atoms with Gasteiger partial charge in [-0.3, -0.25) is 9.59 Å². The summed E-state index contributed by atoms with van der Waals surface area (Å²) in [6.45, 7) is 4.86. The summed E-state index contributed by atoms with van der Waals surface area (Å²) >= 11 is 0. The van der Waals surface area contributed by atoms with E-state index in [-0.39, 0.29) is 32.2 Å². The fraction of sp³-hybridized carbons (Fsp3) is 0.965. The van der Waals surface area contributed by atoms with Crippen molar-refractivity contribution in [3.05, 3.63) is 0 Å². The number of aliphatic carboxylic acids is 1. The van der Waals surface area contributed by atoms with E-state index in [2.05, 4.69) is 13.8 Å². The number of carboxylic acid groups (broad SMARTS) is 1. The van der Waals surface area contributed by atoms with Crippen LogP contribution in [0.5, 0.6) is 0 Å². The molecule has 9 nitrogen and oxygen atoms in total. The number of hydrogen-bond donors (Lipinski definition) is 0. The summed E-state index contributed by atoms with van der Waals surface area (Å²) in [6.07, 6.45) is 92.7. The first-order valence-electron chi connectivity index (χ1n) is 42.7. The quantitative estimate of drug-likeness (QED) is 0.0256. The monoisotopic (exact) mass is 1330 g/mol. The van der Waals surface area contributed by atoms with Crippen LogP contribution in [0.1, 0.15) is 470 Å². The Labute approximate surface area is 587 Å². The van der Waals surface area contributed by atoms with Crippen LogP contribution in [-0.4, -0.2) is 82.3 Å². The summed E-state index contributed by atoms with van der Waals surface area (Å²) in [7, 11) is 5.96. The summed E-state index contributed by atoms with van der Waals surface area (Å²) in [6, 6.07) is 0. The Bertz CT molecular complexity index is 1500. The van der Waals surface area contributed by atoms with Crippen LogP contribution in [0.15, 0.2) is 0 Å². The van der Waals surface area contributed by atoms with Crippen molar-refractivity contribution < 1.29 is 42.9 Å². The van der Waals surface area contributed by atoms with Gasteiger partial charge in [0.2, 0.25) is 0 Å². The van der Waals surface area contributed by atoms with Gasteiger partial charge in [-0.2, -0.15) is 0 Å². The minimum Gasteiger partial charge on any atom is -0.545 e. The van der Waals surface area contributed by atoms with Gasteiger partial charge in [-0.25, -0.2) is 0 Å². The zero-order valence-electron chi connectivity index (χ0n) is 64.4. The smallest absolute Gasteiger partial charge is 0.306 e. The molecule has 0 bridgehead atoms. The fourth-order valence-corrected chi connectivity index (χ4v) is 13.6. The van der Waals surface area contributed by atoms with Gasteiger partial charge in [0.15, 0.2) is 12.4 Å². The summed E-state index contributed by atoms with van der Waals surface area (Å²) in [5.41, 5.74) is 0. The van der Waals surface area contributed by atoms with E-state index in [1.54, 1.807) is 0 Å². The molecule has 0 saturated carbocycles. The second-order valence-electron chi connectivity index (χ2n) is 30.9. The van der Waals surface area contributed by atoms with Gasteiger partial charge in [-0.05, 0) is 12.8 Å². The van der Waals surface area contributed by atoms with E-state index in [0.29, 0.717) is 17.4 Å². The molecule has 0 radical (unpaired) electrons. The molecule has 0 spiro atoms. The van der Waals surface area contributed by atoms with Crippen LogP contribution in [0.2, 0.25) is 0 Å². The molecule has 0 heterocycles. The predicted molar refractivity (Wildman–Crippen MR) is 404 cm³/mol. The lowest BCUT2D eigenvalue weighted by molar-refractivity contribution is -0.870. The van der Waals surface area contributed by atoms with Crippen LogP contribution in [0, 0.1) is 0 Å². The van der Waals surface area contributed by atoms with Crippen LogP contribution in [0.25, 0.3) is 0 Å². The second-order valence-corrected chi connectivity index (χ2v) is 30.9. The van der Waals surface area contributed by atoms with Crippen LogP contribution in [0.3, 0.4) is 0 Å². The highest BCUT2D eigenvalue weighted by molar-refractivity contribution is 5.70. The zero-order valence-corrected chi connectivity index (χ0v) is 64.4. The minimum atomic E-state index is -1.62. The van der Waals surface area contributed by atoms with Gasteiger partial charge in [0.05, 0.1) is 40.3 Å². The average molecular weight is 1330 g/mol. The number of quaternary nitrogens is 1. The summed E-state index contributed by atoms with van der Waals surface area (Å²) in [4.78, 5) is 37.6. The number of unbranched alkanes of at least 4 members (excludes halogenated alkanes) is 67. The Balaban J connectivity index is 3.90. The Morgan fingerprint density at radius 1 is 0.277 bits per heavy atom. The molecule has 560 valence electrons. The average Bonchev–Trinajstić information content (AvgIpc) is 3.76. The lowest BCUT2D eigenvalue weighted by Gasteiger charge is -2.26. The van der Waals surface area contributed by atoms with Gasteiger partial charge >= 0.3 is 11.9 Å². The molecule has 0 aromatic heterocycles. The number of hydrogen-bond acceptors (Lipinski definition) is 8. The number of carbonyl (C=O) groups is 3. The largest absolute Gasteiger partial charge is 0.545 e. The van der Waals surface area contributed by atoms with Crippen LogP contribution in [0.4, 0.5) is 0 Å². The maximum Gasteiger partial charge on any atom is 0.306 e. The minimum absolute atomic E-state index is 0.154. The normalized spacial score (nSPS) is 12.5. The lowest BCUT2D eigenvalue weighted by Crippen LogP contribution is -2.44. The molecule has 2 unspecified atom stereocenters. The molecule has 0 saturated heterocycles. The van der Waals surface area contributed by atoms with Crippen molar-refractivity contribution in [3.63, 3.8) is 0 Å². The molecular weight excluding hydrogens is 1160 g/mol. The van der Waals surface area contributed by atoms with E-state index in [4.69, 9.17) is 18.9 Å². The van der Waals surface area contributed by atoms with Gasteiger partial charge in [0.25, 0.3) is 0 Å². The highest BCUT2D eigenvalue weighted by Gasteiger charge is 2.22. The third-order valence-electron chi connectivity index (χ3n) is 20.1. The number of carbonyl (C=O) groups excluding carboxylic acids is 3. The Morgan fingerprint density at radius 2 is 0.479 bits per heavy atom. The third-order valence-corrected chi connectivity index (χ3v) is 20.1. The first-order chi connectivity index (χ1) is 46.1. The SMILES string of the molecule is CCCCCCCCCCCCCCCCCCCCCCCCCCCCCCCCCCCCCCCCCC(=O)OC(COC(=O)CCCCCCCCCCCCCCCCCCCCCCCCCCCCCCCC)COC(OCC[N+](C)(C)C)C(=O)[O-]. The molecule has 0 amide bonds. The van der Waals surface area contributed by atoms with Crippen molar-refractivity contribution in [2.75, 3.05) is 47.5 Å². The van der Waals surface area contributed by atoms with Crippen molar-refractivity contribution in [2.24, 2.45) is 0 Å². The number of carboxylic acids is 1. The molecule has 0 aliphatic rings. The first kappa shape index (κ1) is 92.3. The summed E-state index contributed by atoms with van der Waals surface area (Å²) < 4.78 is 22.9. The van der Waals surface area contributed by atoms with E-state index in [9.17, 15) is 19.5 Å². The van der Waals surface area contributed by atoms with E-state index in [0.717, 1.165) is 38.5 Å². The summed E-state index contributed by atoms with van der Waals surface area (Å²) in [5.74, 6) is -2.24. The van der Waals surface area contributed by atoms with Gasteiger partial charge in [0.1, 0.15) is 13.2 Å². The van der Waals surface area contributed by atoms with E-state index in [1.165, 1.54) is 405 Å². The van der Waals surface area contributed by atoms with E-state index in [1.807, 2.05) is 21.1 Å². The zero-order chi connectivity index (χ0) is 68.2. The highest BCUT2D eigenvalue weighted by Crippen LogP contribution is 2.21. The molecular formula is C85H167NO8. The molecule has 0 aliphatic carbocycles. The lowest BCUT2D eigenvalue weighted by atomic mass is 10.0. The van der Waals surface area contributed by atoms with Crippen LogP contribution in [-0.2, 0) is 33.3 Å². The van der Waals surface area contributed by atoms with Crippen molar-refractivity contribution in [1.29, 1.82) is 0 Å². The van der Waals surface area contributed by atoms with Crippen molar-refractivity contribution in [2.45, 2.75) is 482 Å². The highest BCUT2D eigenvalue weighted by atomic mass is 16.7. The third kappa shape index (κ3) is 77.6. The second kappa shape index (κ2) is 77.0. The summed E-state index contributed by atoms with van der Waals surface area (Å²) in [5, 5.41) is 11.9. The molecule has 2 atom stereocenters. The van der Waals surface area contributed by atoms with Crippen LogP contribution >= 0.6 is 0 Å². The van der Waals surface area contributed by atoms with Crippen molar-refractivity contribution in [1.82, 2.24) is 0 Å². The topological polar surface area (TPSA) is 111 Å². The first-order valence-corrected chi connectivity index (χ1v) is 42.7. The Hall–Kier alpha value is -1.71. The molecule has 94 heavy (non-hydrogen) atoms. The molecule has 0 fully saturated rings. The number of likely N-dealkylation sites (N-methyl/N-ethyl adjacent to an activating group) is 1. The van der Waals surface area contributed by atoms with Gasteiger partial charge in [0, 0.05) is 12.8 Å². The Kier molecular flexibility index (Phi) is 75.6. The fourth-order valence-electron chi connectivity index (χ4n) is 13.6. The van der Waals surface area contributed by atoms with Crippen molar-refractivity contribution in [3.8, 4) is 0 Å². The number of nitrogens with zero attached hydrogens (tertiary/aromatic N) is 1. The van der Waals surface area contributed by atoms with E-state index >= 15 is 0 Å². The molecule has 0 aliphatic heterocycles. The standard InChI is InChI=1S/C85H167NO8/c1-6-8-10-12-14-16-18-20-22-24-26-28-30-32-34-36-38-39-40-41-42-43-44-45-46-48-50-52-54-56-58-60-62-64-66-68-70-72-74-76-83(88)94-81(80-93-85(84(89)90)91-78-77-86(3,4)5)79-92-82(87)75-73-71-69-67-65-63-61-59-57-55-53-51-49-47-37-35-33-31-29-27-25-23-21-19-17-15-13-11-9-7-2/h81,85H,6-80H2,1-5H3. The van der Waals surface area contributed by atoms with Gasteiger partial charge in [-0.1, -0.05) is 444 Å². The number of rotatable bonds is 82. The van der Waals surface area contributed by atoms with Crippen LogP contribution < -0.4 is 5.11 Å². The number of esters is 2. The Morgan fingerprint density at radius 3 is 0.681 bits per heavy atom. The maximum absolute atomic E-state index is 13.0.